The molecule has 96 valence electrons. The van der Waals surface area contributed by atoms with E-state index in [1.165, 1.54) is 6.20 Å². The minimum atomic E-state index is -1.13. The van der Waals surface area contributed by atoms with E-state index in [2.05, 4.69) is 9.97 Å². The molecule has 19 heavy (non-hydrogen) atoms. The standard InChI is InChI=1S/C14H11ClN2O2/c15-10-8-16-13(17-11(10)12(18)19)14(6-7-14)9-4-2-1-3-5-9/h1-5,8H,6-7H2,(H,18,19). The highest BCUT2D eigenvalue weighted by Gasteiger charge is 2.48. The van der Waals surface area contributed by atoms with Crippen LogP contribution < -0.4 is 0 Å². The Labute approximate surface area is 115 Å². The summed E-state index contributed by atoms with van der Waals surface area (Å²) in [7, 11) is 0. The zero-order chi connectivity index (χ0) is 13.5. The highest BCUT2D eigenvalue weighted by molar-refractivity contribution is 6.33. The highest BCUT2D eigenvalue weighted by Crippen LogP contribution is 2.52. The van der Waals surface area contributed by atoms with Crippen LogP contribution in [0.3, 0.4) is 0 Å². The van der Waals surface area contributed by atoms with Gasteiger partial charge in [-0.1, -0.05) is 41.9 Å². The molecule has 0 aliphatic heterocycles. The normalized spacial score (nSPS) is 16.1. The Morgan fingerprint density at radius 1 is 1.26 bits per heavy atom. The number of hydrogen-bond donors (Lipinski definition) is 1. The second kappa shape index (κ2) is 4.31. The van der Waals surface area contributed by atoms with Crippen molar-refractivity contribution < 1.29 is 9.90 Å². The minimum Gasteiger partial charge on any atom is -0.476 e. The third-order valence-corrected chi connectivity index (χ3v) is 3.73. The van der Waals surface area contributed by atoms with E-state index < -0.39 is 5.97 Å². The summed E-state index contributed by atoms with van der Waals surface area (Å²) in [4.78, 5) is 19.4. The Hall–Kier alpha value is -1.94. The molecule has 1 saturated carbocycles. The summed E-state index contributed by atoms with van der Waals surface area (Å²) in [5, 5.41) is 9.14. The van der Waals surface area contributed by atoms with E-state index in [0.717, 1.165) is 18.4 Å². The van der Waals surface area contributed by atoms with Crippen LogP contribution in [-0.2, 0) is 5.41 Å². The van der Waals surface area contributed by atoms with Crippen molar-refractivity contribution in [3.05, 3.63) is 58.6 Å². The number of carbonyl (C=O) groups is 1. The first-order valence-corrected chi connectivity index (χ1v) is 6.33. The SMILES string of the molecule is O=C(O)c1nc(C2(c3ccccc3)CC2)ncc1Cl. The lowest BCUT2D eigenvalue weighted by Crippen LogP contribution is -2.16. The maximum absolute atomic E-state index is 11.1. The molecule has 4 nitrogen and oxygen atoms in total. The van der Waals surface area contributed by atoms with Crippen LogP contribution >= 0.6 is 11.6 Å². The van der Waals surface area contributed by atoms with Crippen molar-refractivity contribution >= 4 is 17.6 Å². The minimum absolute atomic E-state index is 0.0695. The number of carboxylic acid groups (broad SMARTS) is 1. The van der Waals surface area contributed by atoms with E-state index >= 15 is 0 Å². The average molecular weight is 275 g/mol. The van der Waals surface area contributed by atoms with Crippen molar-refractivity contribution in [3.63, 3.8) is 0 Å². The number of benzene rings is 1. The fourth-order valence-corrected chi connectivity index (χ4v) is 2.44. The van der Waals surface area contributed by atoms with E-state index in [4.69, 9.17) is 16.7 Å². The van der Waals surface area contributed by atoms with Crippen LogP contribution in [0.25, 0.3) is 0 Å². The largest absolute Gasteiger partial charge is 0.476 e. The molecule has 0 amide bonds. The van der Waals surface area contributed by atoms with Crippen molar-refractivity contribution in [1.82, 2.24) is 9.97 Å². The Balaban J connectivity index is 2.08. The van der Waals surface area contributed by atoms with E-state index in [9.17, 15) is 4.79 Å². The van der Waals surface area contributed by atoms with Gasteiger partial charge in [-0.15, -0.1) is 0 Å². The van der Waals surface area contributed by atoms with Gasteiger partial charge in [-0.05, 0) is 18.4 Å². The third kappa shape index (κ3) is 1.98. The summed E-state index contributed by atoms with van der Waals surface area (Å²) in [5.74, 6) is -0.585. The van der Waals surface area contributed by atoms with Gasteiger partial charge >= 0.3 is 5.97 Å². The predicted octanol–water partition coefficient (Wildman–Crippen LogP) is 2.91. The number of nitrogens with zero attached hydrogens (tertiary/aromatic N) is 2. The lowest BCUT2D eigenvalue weighted by Gasteiger charge is -2.14. The van der Waals surface area contributed by atoms with Gasteiger partial charge < -0.3 is 5.11 Å². The first kappa shape index (κ1) is 12.1. The Bertz CT molecular complexity index is 639. The smallest absolute Gasteiger partial charge is 0.356 e. The molecule has 1 heterocycles. The van der Waals surface area contributed by atoms with Gasteiger partial charge in [0.1, 0.15) is 5.82 Å². The first-order chi connectivity index (χ1) is 9.13. The van der Waals surface area contributed by atoms with Gasteiger partial charge in [-0.2, -0.15) is 0 Å². The van der Waals surface area contributed by atoms with Gasteiger partial charge in [-0.3, -0.25) is 0 Å². The monoisotopic (exact) mass is 274 g/mol. The van der Waals surface area contributed by atoms with Crippen molar-refractivity contribution in [2.75, 3.05) is 0 Å². The molecule has 0 atom stereocenters. The molecule has 0 radical (unpaired) electrons. The van der Waals surface area contributed by atoms with Crippen molar-refractivity contribution in [2.24, 2.45) is 0 Å². The molecule has 0 saturated heterocycles. The number of halogens is 1. The molecule has 1 N–H and O–H groups in total. The Kier molecular flexibility index (Phi) is 2.75. The lowest BCUT2D eigenvalue weighted by molar-refractivity contribution is 0.0690. The second-order valence-electron chi connectivity index (χ2n) is 4.64. The summed E-state index contributed by atoms with van der Waals surface area (Å²) < 4.78 is 0. The molecule has 1 aromatic heterocycles. The lowest BCUT2D eigenvalue weighted by atomic mass is 9.95. The first-order valence-electron chi connectivity index (χ1n) is 5.95. The van der Waals surface area contributed by atoms with E-state index in [1.807, 2.05) is 30.3 Å². The molecule has 1 aliphatic rings. The fourth-order valence-electron chi connectivity index (χ4n) is 2.27. The molecular weight excluding hydrogens is 264 g/mol. The summed E-state index contributed by atoms with van der Waals surface area (Å²) in [6.45, 7) is 0. The molecule has 5 heteroatoms. The van der Waals surface area contributed by atoms with Crippen molar-refractivity contribution in [3.8, 4) is 0 Å². The van der Waals surface area contributed by atoms with Crippen LogP contribution in [0.15, 0.2) is 36.5 Å². The quantitative estimate of drug-likeness (QED) is 0.935. The predicted molar refractivity (Wildman–Crippen MR) is 70.5 cm³/mol. The highest BCUT2D eigenvalue weighted by atomic mass is 35.5. The van der Waals surface area contributed by atoms with Crippen molar-refractivity contribution in [1.29, 1.82) is 0 Å². The van der Waals surface area contributed by atoms with Gasteiger partial charge in [0.15, 0.2) is 5.69 Å². The molecular formula is C14H11ClN2O2. The van der Waals surface area contributed by atoms with Gasteiger partial charge in [-0.25, -0.2) is 14.8 Å². The third-order valence-electron chi connectivity index (χ3n) is 3.45. The van der Waals surface area contributed by atoms with Gasteiger partial charge in [0.05, 0.1) is 16.6 Å². The molecule has 1 fully saturated rings. The van der Waals surface area contributed by atoms with Crippen LogP contribution in [0.5, 0.6) is 0 Å². The van der Waals surface area contributed by atoms with E-state index in [-0.39, 0.29) is 16.1 Å². The van der Waals surface area contributed by atoms with Gasteiger partial charge in [0.2, 0.25) is 0 Å². The summed E-state index contributed by atoms with van der Waals surface area (Å²) in [6, 6.07) is 9.91. The van der Waals surface area contributed by atoms with Crippen LogP contribution in [0, 0.1) is 0 Å². The number of carboxylic acids is 1. The summed E-state index contributed by atoms with van der Waals surface area (Å²) >= 11 is 5.80. The second-order valence-corrected chi connectivity index (χ2v) is 5.05. The summed E-state index contributed by atoms with van der Waals surface area (Å²) in [5.41, 5.74) is 0.748. The maximum atomic E-state index is 11.1. The van der Waals surface area contributed by atoms with Crippen LogP contribution in [0.4, 0.5) is 0 Å². The summed E-state index contributed by atoms with van der Waals surface area (Å²) in [6.07, 6.45) is 3.23. The maximum Gasteiger partial charge on any atom is 0.356 e. The molecule has 2 aromatic rings. The molecule has 1 aromatic carbocycles. The molecule has 0 unspecified atom stereocenters. The number of hydrogen-bond acceptors (Lipinski definition) is 3. The van der Waals surface area contributed by atoms with Crippen LogP contribution in [-0.4, -0.2) is 21.0 Å². The zero-order valence-electron chi connectivity index (χ0n) is 10.0. The van der Waals surface area contributed by atoms with Crippen molar-refractivity contribution in [2.45, 2.75) is 18.3 Å². The number of aromatic nitrogens is 2. The zero-order valence-corrected chi connectivity index (χ0v) is 10.8. The molecule has 1 aliphatic carbocycles. The van der Waals surface area contributed by atoms with Gasteiger partial charge in [0, 0.05) is 0 Å². The van der Waals surface area contributed by atoms with Crippen LogP contribution in [0.2, 0.25) is 5.02 Å². The fraction of sp³-hybridized carbons (Fsp3) is 0.214. The van der Waals surface area contributed by atoms with E-state index in [0.29, 0.717) is 5.82 Å². The van der Waals surface area contributed by atoms with E-state index in [1.54, 1.807) is 0 Å². The molecule has 0 bridgehead atoms. The Morgan fingerprint density at radius 3 is 2.53 bits per heavy atom. The van der Waals surface area contributed by atoms with Crippen LogP contribution in [0.1, 0.15) is 34.7 Å². The number of aromatic carboxylic acids is 1. The Morgan fingerprint density at radius 2 is 1.95 bits per heavy atom. The molecule has 3 rings (SSSR count). The molecule has 0 spiro atoms. The number of rotatable bonds is 3. The van der Waals surface area contributed by atoms with Gasteiger partial charge in [0.25, 0.3) is 0 Å². The topological polar surface area (TPSA) is 63.1 Å². The average Bonchev–Trinajstić information content (AvgIpc) is 3.21.